The Hall–Kier alpha value is -1.32. The summed E-state index contributed by atoms with van der Waals surface area (Å²) in [4.78, 5) is 12.3. The van der Waals surface area contributed by atoms with Gasteiger partial charge < -0.3 is 5.32 Å². The van der Waals surface area contributed by atoms with E-state index >= 15 is 0 Å². The number of benzene rings is 2. The molecule has 20 heavy (non-hydrogen) atoms. The van der Waals surface area contributed by atoms with E-state index in [4.69, 9.17) is 11.6 Å². The van der Waals surface area contributed by atoms with Gasteiger partial charge in [-0.3, -0.25) is 4.79 Å². The van der Waals surface area contributed by atoms with E-state index in [0.717, 1.165) is 12.8 Å². The molecule has 0 saturated carbocycles. The van der Waals surface area contributed by atoms with Crippen molar-refractivity contribution >= 4 is 39.1 Å². The fraction of sp³-hybridized carbons (Fsp3) is 0.188. The Bertz CT molecular complexity index is 684. The molecule has 1 aliphatic carbocycles. The Morgan fingerprint density at radius 3 is 2.80 bits per heavy atom. The maximum atomic E-state index is 12.3. The van der Waals surface area contributed by atoms with Gasteiger partial charge in [-0.15, -0.1) is 0 Å². The van der Waals surface area contributed by atoms with Crippen LogP contribution in [0.2, 0.25) is 5.02 Å². The molecule has 0 saturated heterocycles. The molecule has 0 bridgehead atoms. The van der Waals surface area contributed by atoms with E-state index < -0.39 is 0 Å². The second-order valence-corrected chi connectivity index (χ2v) is 6.09. The van der Waals surface area contributed by atoms with Gasteiger partial charge in [0.05, 0.1) is 15.2 Å². The Kier molecular flexibility index (Phi) is 3.81. The first-order chi connectivity index (χ1) is 9.65. The molecule has 1 aliphatic rings. The minimum absolute atomic E-state index is 0.109. The second-order valence-electron chi connectivity index (χ2n) is 4.89. The van der Waals surface area contributed by atoms with Crippen molar-refractivity contribution < 1.29 is 4.79 Å². The number of hydrogen-bond acceptors (Lipinski definition) is 1. The normalized spacial score (nSPS) is 13.1. The van der Waals surface area contributed by atoms with Crippen LogP contribution in [0.5, 0.6) is 0 Å². The van der Waals surface area contributed by atoms with Gasteiger partial charge in [-0.2, -0.15) is 0 Å². The molecule has 2 nitrogen and oxygen atoms in total. The molecule has 4 heteroatoms. The van der Waals surface area contributed by atoms with Gasteiger partial charge in [0.2, 0.25) is 0 Å². The van der Waals surface area contributed by atoms with Crippen LogP contribution in [0.25, 0.3) is 0 Å². The highest BCUT2D eigenvalue weighted by molar-refractivity contribution is 9.10. The van der Waals surface area contributed by atoms with Crippen LogP contribution in [0, 0.1) is 0 Å². The van der Waals surface area contributed by atoms with E-state index in [-0.39, 0.29) is 5.91 Å². The molecule has 1 N–H and O–H groups in total. The third kappa shape index (κ3) is 2.60. The number of halogens is 2. The summed E-state index contributed by atoms with van der Waals surface area (Å²) in [6.45, 7) is 0. The van der Waals surface area contributed by atoms with Crippen molar-refractivity contribution in [3.05, 3.63) is 62.6 Å². The average molecular weight is 351 g/mol. The lowest BCUT2D eigenvalue weighted by atomic mass is 10.1. The number of aryl methyl sites for hydroxylation is 2. The van der Waals surface area contributed by atoms with Gasteiger partial charge in [0.15, 0.2) is 0 Å². The topological polar surface area (TPSA) is 29.1 Å². The molecule has 0 radical (unpaired) electrons. The van der Waals surface area contributed by atoms with Gasteiger partial charge in [-0.25, -0.2) is 0 Å². The Morgan fingerprint density at radius 2 is 1.95 bits per heavy atom. The zero-order valence-electron chi connectivity index (χ0n) is 10.7. The monoisotopic (exact) mass is 349 g/mol. The lowest BCUT2D eigenvalue weighted by molar-refractivity contribution is 0.102. The third-order valence-corrected chi connectivity index (χ3v) is 4.96. The number of hydrogen-bond donors (Lipinski definition) is 1. The largest absolute Gasteiger partial charge is 0.321 e. The molecule has 0 unspecified atom stereocenters. The number of rotatable bonds is 2. The number of carbonyl (C=O) groups excluding carboxylic acids is 1. The van der Waals surface area contributed by atoms with Crippen molar-refractivity contribution in [2.45, 2.75) is 19.3 Å². The predicted molar refractivity (Wildman–Crippen MR) is 85.6 cm³/mol. The van der Waals surface area contributed by atoms with Gasteiger partial charge >= 0.3 is 0 Å². The zero-order chi connectivity index (χ0) is 14.1. The van der Waals surface area contributed by atoms with Crippen LogP contribution in [0.1, 0.15) is 27.9 Å². The summed E-state index contributed by atoms with van der Waals surface area (Å²) in [5.41, 5.74) is 4.04. The molecule has 1 amide bonds. The summed E-state index contributed by atoms with van der Waals surface area (Å²) in [5, 5.41) is 3.47. The molecule has 2 aromatic carbocycles. The van der Waals surface area contributed by atoms with Crippen molar-refractivity contribution in [3.63, 3.8) is 0 Å². The number of fused-ring (bicyclic) bond motifs is 1. The van der Waals surface area contributed by atoms with Gasteiger partial charge in [0.25, 0.3) is 5.91 Å². The van der Waals surface area contributed by atoms with E-state index in [2.05, 4.69) is 27.3 Å². The fourth-order valence-corrected chi connectivity index (χ4v) is 3.05. The summed E-state index contributed by atoms with van der Waals surface area (Å²) < 4.78 is 0.705. The highest BCUT2D eigenvalue weighted by atomic mass is 79.9. The van der Waals surface area contributed by atoms with Crippen LogP contribution in [-0.4, -0.2) is 5.91 Å². The van der Waals surface area contributed by atoms with Crippen molar-refractivity contribution in [1.82, 2.24) is 0 Å². The van der Waals surface area contributed by atoms with E-state index in [1.54, 1.807) is 6.07 Å². The van der Waals surface area contributed by atoms with Crippen molar-refractivity contribution in [3.8, 4) is 0 Å². The smallest absolute Gasteiger partial charge is 0.255 e. The third-order valence-electron chi connectivity index (χ3n) is 3.56. The number of nitrogens with one attached hydrogen (secondary N) is 1. The summed E-state index contributed by atoms with van der Waals surface area (Å²) >= 11 is 9.41. The molecule has 0 spiro atoms. The summed E-state index contributed by atoms with van der Waals surface area (Å²) in [6, 6.07) is 11.3. The number of amides is 1. The van der Waals surface area contributed by atoms with Gasteiger partial charge in [0, 0.05) is 5.56 Å². The molecule has 102 valence electrons. The fourth-order valence-electron chi connectivity index (χ4n) is 2.51. The Labute approximate surface area is 131 Å². The van der Waals surface area contributed by atoms with E-state index in [9.17, 15) is 4.79 Å². The molecule has 0 heterocycles. The molecule has 3 rings (SSSR count). The molecular formula is C16H13BrClNO. The van der Waals surface area contributed by atoms with Crippen LogP contribution in [0.3, 0.4) is 0 Å². The van der Waals surface area contributed by atoms with E-state index in [1.807, 2.05) is 24.3 Å². The first-order valence-electron chi connectivity index (χ1n) is 6.52. The Balaban J connectivity index is 1.84. The lowest BCUT2D eigenvalue weighted by Crippen LogP contribution is -2.12. The molecule has 0 aliphatic heterocycles. The average Bonchev–Trinajstić information content (AvgIpc) is 2.91. The summed E-state index contributed by atoms with van der Waals surface area (Å²) in [5.74, 6) is -0.109. The summed E-state index contributed by atoms with van der Waals surface area (Å²) in [6.07, 6.45) is 3.37. The highest BCUT2D eigenvalue weighted by Crippen LogP contribution is 2.30. The SMILES string of the molecule is O=C(Nc1cccc(Cl)c1Br)c1ccc2c(c1)CCC2. The van der Waals surface area contributed by atoms with Crippen molar-refractivity contribution in [1.29, 1.82) is 0 Å². The second kappa shape index (κ2) is 5.58. The number of carbonyl (C=O) groups is 1. The first-order valence-corrected chi connectivity index (χ1v) is 7.69. The molecule has 0 aromatic heterocycles. The van der Waals surface area contributed by atoms with E-state index in [0.29, 0.717) is 20.7 Å². The molecule has 2 aromatic rings. The Morgan fingerprint density at radius 1 is 1.15 bits per heavy atom. The first kappa shape index (κ1) is 13.7. The van der Waals surface area contributed by atoms with Crippen molar-refractivity contribution in [2.75, 3.05) is 5.32 Å². The maximum absolute atomic E-state index is 12.3. The van der Waals surface area contributed by atoms with Crippen molar-refractivity contribution in [2.24, 2.45) is 0 Å². The molecule has 0 fully saturated rings. The number of anilines is 1. The van der Waals surface area contributed by atoms with Crippen LogP contribution in [0.4, 0.5) is 5.69 Å². The van der Waals surface area contributed by atoms with E-state index in [1.165, 1.54) is 17.5 Å². The van der Waals surface area contributed by atoms with Crippen LogP contribution >= 0.6 is 27.5 Å². The van der Waals surface area contributed by atoms with Gasteiger partial charge in [-0.1, -0.05) is 23.7 Å². The lowest BCUT2D eigenvalue weighted by Gasteiger charge is -2.09. The minimum Gasteiger partial charge on any atom is -0.321 e. The van der Waals surface area contributed by atoms with Crippen LogP contribution in [-0.2, 0) is 12.8 Å². The summed E-state index contributed by atoms with van der Waals surface area (Å²) in [7, 11) is 0. The molecular weight excluding hydrogens is 338 g/mol. The quantitative estimate of drug-likeness (QED) is 0.824. The minimum atomic E-state index is -0.109. The van der Waals surface area contributed by atoms with Gasteiger partial charge in [0.1, 0.15) is 0 Å². The predicted octanol–water partition coefficient (Wildman–Crippen LogP) is 4.84. The standard InChI is InChI=1S/C16H13BrClNO/c17-15-13(18)5-2-6-14(15)19-16(20)12-8-7-10-3-1-4-11(10)9-12/h2,5-9H,1,3-4H2,(H,19,20). The van der Waals surface area contributed by atoms with Crippen LogP contribution in [0.15, 0.2) is 40.9 Å². The molecule has 0 atom stereocenters. The maximum Gasteiger partial charge on any atom is 0.255 e. The van der Waals surface area contributed by atoms with Crippen LogP contribution < -0.4 is 5.32 Å². The van der Waals surface area contributed by atoms with Gasteiger partial charge in [-0.05, 0) is 70.6 Å². The zero-order valence-corrected chi connectivity index (χ0v) is 13.1. The highest BCUT2D eigenvalue weighted by Gasteiger charge is 2.15.